The van der Waals surface area contributed by atoms with Gasteiger partial charge in [-0.25, -0.2) is 0 Å². The first kappa shape index (κ1) is 14.9. The van der Waals surface area contributed by atoms with Gasteiger partial charge in [-0.05, 0) is 34.8 Å². The summed E-state index contributed by atoms with van der Waals surface area (Å²) in [6, 6.07) is 4.29. The predicted octanol–water partition coefficient (Wildman–Crippen LogP) is 3.29. The maximum atomic E-state index is 10.7. The number of nitro benzene ring substituents is 1. The summed E-state index contributed by atoms with van der Waals surface area (Å²) in [6.07, 6.45) is 1.13. The van der Waals surface area contributed by atoms with Crippen molar-refractivity contribution >= 4 is 21.6 Å². The van der Waals surface area contributed by atoms with Crippen molar-refractivity contribution in [2.75, 3.05) is 6.61 Å². The molecule has 0 bridgehead atoms. The van der Waals surface area contributed by atoms with Crippen molar-refractivity contribution in [1.82, 2.24) is 0 Å². The van der Waals surface area contributed by atoms with Gasteiger partial charge >= 0.3 is 0 Å². The molecule has 0 spiro atoms. The van der Waals surface area contributed by atoms with Crippen LogP contribution in [0.3, 0.4) is 0 Å². The van der Waals surface area contributed by atoms with Gasteiger partial charge < -0.3 is 9.84 Å². The maximum absolute atomic E-state index is 10.7. The molecule has 0 fully saturated rings. The molecule has 0 aromatic heterocycles. The number of nitro groups is 1. The summed E-state index contributed by atoms with van der Waals surface area (Å²) >= 11 is 3.26. The van der Waals surface area contributed by atoms with Gasteiger partial charge in [0.05, 0.1) is 21.1 Å². The average molecular weight is 318 g/mol. The smallest absolute Gasteiger partial charge is 0.273 e. The molecule has 0 amide bonds. The number of benzene rings is 1. The van der Waals surface area contributed by atoms with Crippen LogP contribution in [-0.2, 0) is 0 Å². The zero-order chi connectivity index (χ0) is 13.8. The van der Waals surface area contributed by atoms with E-state index in [1.807, 2.05) is 13.8 Å². The third-order valence-corrected chi connectivity index (χ3v) is 3.59. The minimum atomic E-state index is -0.899. The zero-order valence-electron chi connectivity index (χ0n) is 10.4. The van der Waals surface area contributed by atoms with Crippen molar-refractivity contribution in [1.29, 1.82) is 0 Å². The molecule has 18 heavy (non-hydrogen) atoms. The number of hydrogen-bond acceptors (Lipinski definition) is 4. The quantitative estimate of drug-likeness (QED) is 0.645. The second-order valence-corrected chi connectivity index (χ2v) is 4.95. The first-order valence-electron chi connectivity index (χ1n) is 5.71. The van der Waals surface area contributed by atoms with Crippen LogP contribution in [0.25, 0.3) is 0 Å². The van der Waals surface area contributed by atoms with Crippen LogP contribution in [0.4, 0.5) is 5.69 Å². The van der Waals surface area contributed by atoms with E-state index < -0.39 is 10.5 Å². The van der Waals surface area contributed by atoms with Crippen LogP contribution in [0, 0.1) is 10.1 Å². The number of hydrogen-bond donors (Lipinski definition) is 1. The Balaban J connectivity index is 2.84. The summed E-state index contributed by atoms with van der Waals surface area (Å²) in [7, 11) is 0. The number of non-ortho nitro benzene ring substituents is 1. The molecule has 5 nitrogen and oxygen atoms in total. The topological polar surface area (TPSA) is 72.6 Å². The molecule has 0 unspecified atom stereocenters. The Morgan fingerprint density at radius 2 is 2.06 bits per heavy atom. The fraction of sp³-hybridized carbons (Fsp3) is 0.500. The molecular formula is C12H16BrNO4. The van der Waals surface area contributed by atoms with Gasteiger partial charge in [0.1, 0.15) is 12.4 Å². The van der Waals surface area contributed by atoms with Gasteiger partial charge in [-0.3, -0.25) is 10.1 Å². The molecule has 0 atom stereocenters. The van der Waals surface area contributed by atoms with Crippen LogP contribution in [0.2, 0.25) is 0 Å². The average Bonchev–Trinajstić information content (AvgIpc) is 2.37. The highest BCUT2D eigenvalue weighted by molar-refractivity contribution is 9.10. The van der Waals surface area contributed by atoms with Crippen LogP contribution < -0.4 is 4.74 Å². The van der Waals surface area contributed by atoms with E-state index >= 15 is 0 Å². The van der Waals surface area contributed by atoms with E-state index in [1.165, 1.54) is 12.1 Å². The van der Waals surface area contributed by atoms with Gasteiger partial charge in [0.2, 0.25) is 0 Å². The van der Waals surface area contributed by atoms with Gasteiger partial charge in [-0.1, -0.05) is 13.8 Å². The van der Waals surface area contributed by atoms with Crippen LogP contribution in [0.5, 0.6) is 5.75 Å². The van der Waals surface area contributed by atoms with Gasteiger partial charge in [0.25, 0.3) is 5.69 Å². The van der Waals surface area contributed by atoms with Crippen molar-refractivity contribution in [2.24, 2.45) is 0 Å². The van der Waals surface area contributed by atoms with E-state index in [1.54, 1.807) is 6.07 Å². The van der Waals surface area contributed by atoms with E-state index in [9.17, 15) is 15.2 Å². The summed E-state index contributed by atoms with van der Waals surface area (Å²) in [4.78, 5) is 10.2. The van der Waals surface area contributed by atoms with Crippen molar-refractivity contribution < 1.29 is 14.8 Å². The lowest BCUT2D eigenvalue weighted by molar-refractivity contribution is -0.385. The summed E-state index contributed by atoms with van der Waals surface area (Å²) in [5.74, 6) is 0.365. The Bertz CT molecular complexity index is 432. The van der Waals surface area contributed by atoms with Crippen molar-refractivity contribution in [3.05, 3.63) is 32.8 Å². The zero-order valence-corrected chi connectivity index (χ0v) is 11.9. The number of nitrogens with zero attached hydrogens (tertiary/aromatic N) is 1. The summed E-state index contributed by atoms with van der Waals surface area (Å²) < 4.78 is 6.10. The number of ether oxygens (including phenoxy) is 1. The van der Waals surface area contributed by atoms with Crippen molar-refractivity contribution in [3.63, 3.8) is 0 Å². The second kappa shape index (κ2) is 6.15. The lowest BCUT2D eigenvalue weighted by atomic mass is 9.99. The third-order valence-electron chi connectivity index (χ3n) is 2.94. The van der Waals surface area contributed by atoms with Crippen LogP contribution >= 0.6 is 15.9 Å². The van der Waals surface area contributed by atoms with E-state index in [0.717, 1.165) is 0 Å². The molecular weight excluding hydrogens is 302 g/mol. The predicted molar refractivity (Wildman–Crippen MR) is 71.8 cm³/mol. The van der Waals surface area contributed by atoms with E-state index in [-0.39, 0.29) is 12.3 Å². The molecule has 0 radical (unpaired) electrons. The fourth-order valence-corrected chi connectivity index (χ4v) is 1.74. The Morgan fingerprint density at radius 1 is 1.44 bits per heavy atom. The first-order chi connectivity index (χ1) is 8.41. The highest BCUT2D eigenvalue weighted by Gasteiger charge is 2.24. The number of aliphatic hydroxyl groups is 1. The van der Waals surface area contributed by atoms with Gasteiger partial charge in [-0.2, -0.15) is 0 Å². The molecule has 0 aliphatic carbocycles. The minimum absolute atomic E-state index is 0.0373. The second-order valence-electron chi connectivity index (χ2n) is 4.09. The fourth-order valence-electron chi connectivity index (χ4n) is 1.38. The largest absolute Gasteiger partial charge is 0.489 e. The number of rotatable bonds is 6. The lowest BCUT2D eigenvalue weighted by Gasteiger charge is -2.25. The molecule has 0 aliphatic rings. The standard InChI is InChI=1S/C12H16BrNO4/c1-3-12(15,4-2)8-18-11-7-9(14(16)17)5-6-10(11)13/h5-7,15H,3-4,8H2,1-2H3. The summed E-state index contributed by atoms with van der Waals surface area (Å²) in [5, 5.41) is 20.7. The Labute approximate surface area is 114 Å². The monoisotopic (exact) mass is 317 g/mol. The molecule has 1 N–H and O–H groups in total. The third kappa shape index (κ3) is 3.68. The molecule has 100 valence electrons. The molecule has 0 heterocycles. The van der Waals surface area contributed by atoms with Crippen molar-refractivity contribution in [3.8, 4) is 5.75 Å². The summed E-state index contributed by atoms with van der Waals surface area (Å²) in [6.45, 7) is 3.85. The molecule has 0 saturated carbocycles. The number of halogens is 1. The van der Waals surface area contributed by atoms with Crippen LogP contribution in [0.1, 0.15) is 26.7 Å². The van der Waals surface area contributed by atoms with Crippen molar-refractivity contribution in [2.45, 2.75) is 32.3 Å². The van der Waals surface area contributed by atoms with Crippen LogP contribution in [0.15, 0.2) is 22.7 Å². The Kier molecular flexibility index (Phi) is 5.10. The normalized spacial score (nSPS) is 11.3. The Hall–Kier alpha value is -1.14. The van der Waals surface area contributed by atoms with E-state index in [4.69, 9.17) is 4.74 Å². The molecule has 1 aromatic rings. The highest BCUT2D eigenvalue weighted by atomic mass is 79.9. The van der Waals surface area contributed by atoms with E-state index in [2.05, 4.69) is 15.9 Å². The van der Waals surface area contributed by atoms with E-state index in [0.29, 0.717) is 23.1 Å². The molecule has 1 rings (SSSR count). The van der Waals surface area contributed by atoms with Crippen LogP contribution in [-0.4, -0.2) is 22.2 Å². The van der Waals surface area contributed by atoms with Gasteiger partial charge in [-0.15, -0.1) is 0 Å². The highest BCUT2D eigenvalue weighted by Crippen LogP contribution is 2.30. The van der Waals surface area contributed by atoms with Gasteiger partial charge in [0, 0.05) is 6.07 Å². The molecule has 1 aromatic carbocycles. The lowest BCUT2D eigenvalue weighted by Crippen LogP contribution is -2.34. The first-order valence-corrected chi connectivity index (χ1v) is 6.50. The van der Waals surface area contributed by atoms with Gasteiger partial charge in [0.15, 0.2) is 0 Å². The maximum Gasteiger partial charge on any atom is 0.273 e. The molecule has 6 heteroatoms. The minimum Gasteiger partial charge on any atom is -0.489 e. The molecule has 0 saturated heterocycles. The molecule has 0 aliphatic heterocycles. The Morgan fingerprint density at radius 3 is 2.56 bits per heavy atom. The SMILES string of the molecule is CCC(O)(CC)COc1cc([N+](=O)[O-])ccc1Br. The summed E-state index contributed by atoms with van der Waals surface area (Å²) in [5.41, 5.74) is -0.936.